The molecule has 0 aromatic heterocycles. The molecule has 1 fully saturated rings. The zero-order valence-corrected chi connectivity index (χ0v) is 19.6. The van der Waals surface area contributed by atoms with Crippen LogP contribution in [0.5, 0.6) is 11.5 Å². The van der Waals surface area contributed by atoms with Gasteiger partial charge < -0.3 is 20.1 Å². The van der Waals surface area contributed by atoms with E-state index >= 15 is 0 Å². The maximum absolute atomic E-state index is 14.2. The number of nitrogens with zero attached hydrogens (tertiary/aromatic N) is 1. The Kier molecular flexibility index (Phi) is 8.13. The van der Waals surface area contributed by atoms with Gasteiger partial charge in [-0.05, 0) is 49.6 Å². The van der Waals surface area contributed by atoms with Gasteiger partial charge in [-0.2, -0.15) is 0 Å². The number of nitrogens with one attached hydrogen (secondary N) is 2. The van der Waals surface area contributed by atoms with Gasteiger partial charge in [0, 0.05) is 24.6 Å². The van der Waals surface area contributed by atoms with Crippen LogP contribution in [0.1, 0.15) is 36.9 Å². The maximum atomic E-state index is 14.2. The Labute approximate surface area is 189 Å². The molecule has 3 rings (SSSR count). The minimum atomic E-state index is -0.153. The molecule has 1 saturated carbocycles. The van der Waals surface area contributed by atoms with Crippen LogP contribution in [0.2, 0.25) is 0 Å². The van der Waals surface area contributed by atoms with Gasteiger partial charge in [-0.3, -0.25) is 4.99 Å². The summed E-state index contributed by atoms with van der Waals surface area (Å²) in [6.07, 6.45) is 1.94. The largest absolute Gasteiger partial charge is 0.497 e. The van der Waals surface area contributed by atoms with E-state index in [0.717, 1.165) is 35.5 Å². The molecule has 2 N–H and O–H groups in total. The molecule has 1 unspecified atom stereocenters. The first-order chi connectivity index (χ1) is 13.5. The van der Waals surface area contributed by atoms with E-state index < -0.39 is 0 Å². The van der Waals surface area contributed by atoms with E-state index in [1.807, 2.05) is 37.3 Å². The molecule has 1 aliphatic rings. The Bertz CT molecular complexity index is 856. The lowest BCUT2D eigenvalue weighted by Gasteiger charge is -2.23. The van der Waals surface area contributed by atoms with Crippen LogP contribution in [-0.4, -0.2) is 33.8 Å². The van der Waals surface area contributed by atoms with Crippen molar-refractivity contribution in [3.8, 4) is 11.5 Å². The lowest BCUT2D eigenvalue weighted by Crippen LogP contribution is -2.42. The smallest absolute Gasteiger partial charge is 0.191 e. The summed E-state index contributed by atoms with van der Waals surface area (Å²) in [7, 11) is 5.02. The van der Waals surface area contributed by atoms with E-state index in [4.69, 9.17) is 9.47 Å². The first-order valence-electron chi connectivity index (χ1n) is 9.47. The highest BCUT2D eigenvalue weighted by atomic mass is 127. The predicted molar refractivity (Wildman–Crippen MR) is 125 cm³/mol. The number of methoxy groups -OCH3 is 2. The van der Waals surface area contributed by atoms with Crippen LogP contribution in [0.3, 0.4) is 0 Å². The van der Waals surface area contributed by atoms with E-state index in [1.165, 1.54) is 6.07 Å². The molecule has 158 valence electrons. The van der Waals surface area contributed by atoms with Gasteiger partial charge in [0.05, 0.1) is 20.3 Å². The summed E-state index contributed by atoms with van der Waals surface area (Å²) in [6, 6.07) is 12.7. The minimum absolute atomic E-state index is 0. The third-order valence-corrected chi connectivity index (χ3v) is 5.37. The summed E-state index contributed by atoms with van der Waals surface area (Å²) >= 11 is 0. The number of ether oxygens (including phenoxy) is 2. The van der Waals surface area contributed by atoms with Gasteiger partial charge in [0.25, 0.3) is 0 Å². The average Bonchev–Trinajstić information content (AvgIpc) is 3.51. The number of rotatable bonds is 7. The van der Waals surface area contributed by atoms with Crippen molar-refractivity contribution in [2.24, 2.45) is 4.99 Å². The van der Waals surface area contributed by atoms with Gasteiger partial charge in [0.15, 0.2) is 5.96 Å². The van der Waals surface area contributed by atoms with Crippen LogP contribution in [0, 0.1) is 5.82 Å². The monoisotopic (exact) mass is 513 g/mol. The Hall–Kier alpha value is -2.03. The molecule has 0 radical (unpaired) electrons. The SMILES string of the molecule is CN=C(NCC1(c2ccccc2F)CC1)NC(C)c1cc(OC)ccc1OC.I. The number of aliphatic imine (C=N–C) groups is 1. The quantitative estimate of drug-likeness (QED) is 0.327. The number of benzene rings is 2. The Morgan fingerprint density at radius 2 is 1.90 bits per heavy atom. The second kappa shape index (κ2) is 10.1. The molecule has 5 nitrogen and oxygen atoms in total. The molecule has 0 heterocycles. The van der Waals surface area contributed by atoms with Gasteiger partial charge in [0.1, 0.15) is 17.3 Å². The molecule has 0 amide bonds. The molecule has 1 aliphatic carbocycles. The van der Waals surface area contributed by atoms with Gasteiger partial charge in [-0.25, -0.2) is 4.39 Å². The normalized spacial score (nSPS) is 15.7. The fourth-order valence-electron chi connectivity index (χ4n) is 3.49. The summed E-state index contributed by atoms with van der Waals surface area (Å²) in [5.41, 5.74) is 1.60. The molecular formula is C22H29FIN3O2. The lowest BCUT2D eigenvalue weighted by atomic mass is 9.95. The first-order valence-corrected chi connectivity index (χ1v) is 9.47. The summed E-state index contributed by atoms with van der Waals surface area (Å²) in [4.78, 5) is 4.33. The third-order valence-electron chi connectivity index (χ3n) is 5.37. The summed E-state index contributed by atoms with van der Waals surface area (Å²) in [5.74, 6) is 2.07. The van der Waals surface area contributed by atoms with Crippen molar-refractivity contribution in [1.29, 1.82) is 0 Å². The van der Waals surface area contributed by atoms with E-state index in [2.05, 4.69) is 15.6 Å². The van der Waals surface area contributed by atoms with Gasteiger partial charge in [-0.15, -0.1) is 24.0 Å². The van der Waals surface area contributed by atoms with Crippen LogP contribution in [0.4, 0.5) is 4.39 Å². The predicted octanol–water partition coefficient (Wildman–Crippen LogP) is 4.42. The van der Waals surface area contributed by atoms with Crippen LogP contribution in [0.15, 0.2) is 47.5 Å². The lowest BCUT2D eigenvalue weighted by molar-refractivity contribution is 0.394. The first kappa shape index (κ1) is 23.3. The summed E-state index contributed by atoms with van der Waals surface area (Å²) < 4.78 is 25.0. The highest BCUT2D eigenvalue weighted by Gasteiger charge is 2.45. The van der Waals surface area contributed by atoms with Gasteiger partial charge in [-0.1, -0.05) is 18.2 Å². The molecule has 0 saturated heterocycles. The van der Waals surface area contributed by atoms with Crippen molar-refractivity contribution in [3.63, 3.8) is 0 Å². The topological polar surface area (TPSA) is 54.9 Å². The zero-order chi connectivity index (χ0) is 20.1. The Balaban J connectivity index is 0.00000300. The minimum Gasteiger partial charge on any atom is -0.497 e. The molecule has 0 bridgehead atoms. The Morgan fingerprint density at radius 3 is 2.48 bits per heavy atom. The number of guanidine groups is 1. The van der Waals surface area contributed by atoms with E-state index in [-0.39, 0.29) is 41.3 Å². The fourth-order valence-corrected chi connectivity index (χ4v) is 3.49. The highest BCUT2D eigenvalue weighted by molar-refractivity contribution is 14.0. The van der Waals surface area contributed by atoms with E-state index in [0.29, 0.717) is 12.5 Å². The number of hydrogen-bond acceptors (Lipinski definition) is 3. The van der Waals surface area contributed by atoms with Crippen LogP contribution >= 0.6 is 24.0 Å². The number of hydrogen-bond donors (Lipinski definition) is 2. The van der Waals surface area contributed by atoms with Crippen molar-refractivity contribution < 1.29 is 13.9 Å². The van der Waals surface area contributed by atoms with Crippen molar-refractivity contribution in [2.75, 3.05) is 27.8 Å². The molecule has 0 aliphatic heterocycles. The zero-order valence-electron chi connectivity index (χ0n) is 17.3. The van der Waals surface area contributed by atoms with Crippen LogP contribution in [0.25, 0.3) is 0 Å². The van der Waals surface area contributed by atoms with Gasteiger partial charge in [0.2, 0.25) is 0 Å². The van der Waals surface area contributed by atoms with Crippen LogP contribution in [-0.2, 0) is 5.41 Å². The van der Waals surface area contributed by atoms with Crippen molar-refractivity contribution in [3.05, 3.63) is 59.4 Å². The summed E-state index contributed by atoms with van der Waals surface area (Å²) in [5, 5.41) is 6.75. The second-order valence-corrected chi connectivity index (χ2v) is 7.16. The van der Waals surface area contributed by atoms with Crippen molar-refractivity contribution in [1.82, 2.24) is 10.6 Å². The average molecular weight is 513 g/mol. The van der Waals surface area contributed by atoms with Crippen LogP contribution < -0.4 is 20.1 Å². The number of halogens is 2. The van der Waals surface area contributed by atoms with Gasteiger partial charge >= 0.3 is 0 Å². The molecule has 2 aromatic carbocycles. The highest BCUT2D eigenvalue weighted by Crippen LogP contribution is 2.48. The fraction of sp³-hybridized carbons (Fsp3) is 0.409. The maximum Gasteiger partial charge on any atom is 0.191 e. The van der Waals surface area contributed by atoms with E-state index in [1.54, 1.807) is 27.3 Å². The molecular weight excluding hydrogens is 484 g/mol. The third kappa shape index (κ3) is 5.32. The molecule has 7 heteroatoms. The van der Waals surface area contributed by atoms with Crippen molar-refractivity contribution >= 4 is 29.9 Å². The molecule has 29 heavy (non-hydrogen) atoms. The van der Waals surface area contributed by atoms with E-state index in [9.17, 15) is 4.39 Å². The second-order valence-electron chi connectivity index (χ2n) is 7.16. The molecule has 1 atom stereocenters. The standard InChI is InChI=1S/C22H28FN3O2.HI/c1-15(17-13-16(27-3)9-10-20(17)28-4)26-21(24-2)25-14-22(11-12-22)18-7-5-6-8-19(18)23;/h5-10,13,15H,11-12,14H2,1-4H3,(H2,24,25,26);1H. The Morgan fingerprint density at radius 1 is 1.17 bits per heavy atom. The summed E-state index contributed by atoms with van der Waals surface area (Å²) in [6.45, 7) is 2.67. The molecule has 0 spiro atoms. The molecule has 2 aromatic rings. The van der Waals surface area contributed by atoms with Crippen molar-refractivity contribution in [2.45, 2.75) is 31.2 Å².